The quantitative estimate of drug-likeness (QED) is 0.692. The first-order chi connectivity index (χ1) is 10.3. The highest BCUT2D eigenvalue weighted by atomic mass is 14.9. The van der Waals surface area contributed by atoms with Gasteiger partial charge in [-0.1, -0.05) is 18.2 Å². The summed E-state index contributed by atoms with van der Waals surface area (Å²) in [6.07, 6.45) is 5.86. The molecule has 1 aliphatic rings. The molecule has 0 spiro atoms. The first-order valence-electron chi connectivity index (χ1n) is 7.43. The van der Waals surface area contributed by atoms with Crippen molar-refractivity contribution in [3.05, 3.63) is 70.9 Å². The fourth-order valence-electron chi connectivity index (χ4n) is 3.33. The molecule has 102 valence electrons. The van der Waals surface area contributed by atoms with E-state index in [-0.39, 0.29) is 0 Å². The number of benzene rings is 2. The van der Waals surface area contributed by atoms with Crippen molar-refractivity contribution in [1.29, 1.82) is 5.26 Å². The molecule has 2 heteroatoms. The second kappa shape index (κ2) is 4.79. The predicted molar refractivity (Wildman–Crippen MR) is 84.2 cm³/mol. The van der Waals surface area contributed by atoms with Gasteiger partial charge in [-0.25, -0.2) is 0 Å². The van der Waals surface area contributed by atoms with Gasteiger partial charge in [0, 0.05) is 23.6 Å². The van der Waals surface area contributed by atoms with Gasteiger partial charge in [-0.15, -0.1) is 0 Å². The molecule has 2 nitrogen and oxygen atoms in total. The van der Waals surface area contributed by atoms with E-state index < -0.39 is 0 Å². The lowest BCUT2D eigenvalue weighted by Gasteiger charge is -2.08. The van der Waals surface area contributed by atoms with Gasteiger partial charge in [0.25, 0.3) is 0 Å². The predicted octanol–water partition coefficient (Wildman–Crippen LogP) is 4.05. The molecule has 0 aliphatic heterocycles. The molecule has 0 saturated carbocycles. The Hall–Kier alpha value is -2.53. The lowest BCUT2D eigenvalue weighted by atomic mass is 10.1. The summed E-state index contributed by atoms with van der Waals surface area (Å²) in [6.45, 7) is 0.892. The lowest BCUT2D eigenvalue weighted by Crippen LogP contribution is -1.99. The molecule has 0 radical (unpaired) electrons. The molecule has 0 amide bonds. The highest BCUT2D eigenvalue weighted by Gasteiger charge is 2.11. The van der Waals surface area contributed by atoms with Gasteiger partial charge < -0.3 is 4.57 Å². The SMILES string of the molecule is N#Cc1ccc2c(ccn2Cc2ccc3c(c2)CCC3)c1. The van der Waals surface area contributed by atoms with E-state index in [1.54, 1.807) is 0 Å². The van der Waals surface area contributed by atoms with Gasteiger partial charge in [-0.3, -0.25) is 0 Å². The van der Waals surface area contributed by atoms with Gasteiger partial charge in [-0.05, 0) is 60.2 Å². The van der Waals surface area contributed by atoms with Crippen LogP contribution >= 0.6 is 0 Å². The zero-order chi connectivity index (χ0) is 14.2. The highest BCUT2D eigenvalue weighted by Crippen LogP contribution is 2.24. The fourth-order valence-corrected chi connectivity index (χ4v) is 3.33. The topological polar surface area (TPSA) is 28.7 Å². The molecule has 2 aromatic carbocycles. The molecular formula is C19H16N2. The maximum Gasteiger partial charge on any atom is 0.0991 e. The number of nitriles is 1. The Bertz CT molecular complexity index is 865. The van der Waals surface area contributed by atoms with Crippen LogP contribution in [0.3, 0.4) is 0 Å². The summed E-state index contributed by atoms with van der Waals surface area (Å²) in [5, 5.41) is 10.1. The van der Waals surface area contributed by atoms with Crippen molar-refractivity contribution >= 4 is 10.9 Å². The van der Waals surface area contributed by atoms with E-state index in [0.717, 1.165) is 17.5 Å². The van der Waals surface area contributed by atoms with Crippen molar-refractivity contribution < 1.29 is 0 Å². The zero-order valence-corrected chi connectivity index (χ0v) is 11.8. The van der Waals surface area contributed by atoms with E-state index >= 15 is 0 Å². The maximum absolute atomic E-state index is 8.97. The Morgan fingerprint density at radius 1 is 1.00 bits per heavy atom. The standard InChI is InChI=1S/C19H16N2/c20-12-14-5-7-19-18(10-14)8-9-21(19)13-15-4-6-16-2-1-3-17(16)11-15/h4-11H,1-3,13H2. The van der Waals surface area contributed by atoms with E-state index in [1.165, 1.54) is 41.5 Å². The van der Waals surface area contributed by atoms with Gasteiger partial charge in [0.05, 0.1) is 11.6 Å². The third kappa shape index (κ3) is 2.11. The minimum atomic E-state index is 0.720. The molecule has 3 aromatic rings. The monoisotopic (exact) mass is 272 g/mol. The third-order valence-corrected chi connectivity index (χ3v) is 4.42. The van der Waals surface area contributed by atoms with Crippen LogP contribution in [0.1, 0.15) is 28.7 Å². The second-order valence-corrected chi connectivity index (χ2v) is 5.79. The number of hydrogen-bond acceptors (Lipinski definition) is 1. The molecule has 0 atom stereocenters. The third-order valence-electron chi connectivity index (χ3n) is 4.42. The van der Waals surface area contributed by atoms with Crippen molar-refractivity contribution in [3.8, 4) is 6.07 Å². The number of fused-ring (bicyclic) bond motifs is 2. The molecule has 0 fully saturated rings. The van der Waals surface area contributed by atoms with Crippen LogP contribution in [0.5, 0.6) is 0 Å². The molecule has 1 heterocycles. The van der Waals surface area contributed by atoms with Crippen LogP contribution in [-0.2, 0) is 19.4 Å². The van der Waals surface area contributed by atoms with Crippen LogP contribution in [-0.4, -0.2) is 4.57 Å². The molecule has 0 bridgehead atoms. The van der Waals surface area contributed by atoms with Crippen LogP contribution in [0.2, 0.25) is 0 Å². The molecule has 4 rings (SSSR count). The number of aryl methyl sites for hydroxylation is 2. The largest absolute Gasteiger partial charge is 0.343 e. The molecule has 0 N–H and O–H groups in total. The maximum atomic E-state index is 8.97. The summed E-state index contributed by atoms with van der Waals surface area (Å²) in [5.74, 6) is 0. The van der Waals surface area contributed by atoms with Crippen LogP contribution < -0.4 is 0 Å². The number of hydrogen-bond donors (Lipinski definition) is 0. The number of rotatable bonds is 2. The summed E-state index contributed by atoms with van der Waals surface area (Å²) in [6, 6.07) is 17.1. The van der Waals surface area contributed by atoms with Crippen LogP contribution in [0.15, 0.2) is 48.7 Å². The average Bonchev–Trinajstić information content (AvgIpc) is 3.13. The summed E-state index contributed by atoms with van der Waals surface area (Å²) in [5.41, 5.74) is 6.32. The van der Waals surface area contributed by atoms with Crippen LogP contribution in [0, 0.1) is 11.3 Å². The minimum absolute atomic E-state index is 0.720. The van der Waals surface area contributed by atoms with Crippen molar-refractivity contribution in [3.63, 3.8) is 0 Å². The summed E-state index contributed by atoms with van der Waals surface area (Å²) in [4.78, 5) is 0. The van der Waals surface area contributed by atoms with Gasteiger partial charge in [0.15, 0.2) is 0 Å². The van der Waals surface area contributed by atoms with Crippen LogP contribution in [0.25, 0.3) is 10.9 Å². The Morgan fingerprint density at radius 3 is 2.81 bits per heavy atom. The molecule has 0 unspecified atom stereocenters. The average molecular weight is 272 g/mol. The Labute approximate surface area is 124 Å². The van der Waals surface area contributed by atoms with Crippen LogP contribution in [0.4, 0.5) is 0 Å². The van der Waals surface area contributed by atoms with E-state index in [1.807, 2.05) is 18.2 Å². The van der Waals surface area contributed by atoms with Crippen molar-refractivity contribution in [2.45, 2.75) is 25.8 Å². The Morgan fingerprint density at radius 2 is 1.90 bits per heavy atom. The normalized spacial score (nSPS) is 13.3. The highest BCUT2D eigenvalue weighted by molar-refractivity contribution is 5.81. The second-order valence-electron chi connectivity index (χ2n) is 5.79. The first-order valence-corrected chi connectivity index (χ1v) is 7.43. The zero-order valence-electron chi connectivity index (χ0n) is 11.8. The molecule has 0 saturated heterocycles. The lowest BCUT2D eigenvalue weighted by molar-refractivity contribution is 0.834. The van der Waals surface area contributed by atoms with Gasteiger partial charge in [0.1, 0.15) is 0 Å². The van der Waals surface area contributed by atoms with Gasteiger partial charge >= 0.3 is 0 Å². The van der Waals surface area contributed by atoms with Crippen molar-refractivity contribution in [2.24, 2.45) is 0 Å². The summed E-state index contributed by atoms with van der Waals surface area (Å²) >= 11 is 0. The van der Waals surface area contributed by atoms with Gasteiger partial charge in [0.2, 0.25) is 0 Å². The Kier molecular flexibility index (Phi) is 2.79. The van der Waals surface area contributed by atoms with Crippen molar-refractivity contribution in [2.75, 3.05) is 0 Å². The number of nitrogens with zero attached hydrogens (tertiary/aromatic N) is 2. The minimum Gasteiger partial charge on any atom is -0.343 e. The van der Waals surface area contributed by atoms with Crippen molar-refractivity contribution in [1.82, 2.24) is 4.57 Å². The molecular weight excluding hydrogens is 256 g/mol. The van der Waals surface area contributed by atoms with E-state index in [4.69, 9.17) is 5.26 Å². The van der Waals surface area contributed by atoms with E-state index in [2.05, 4.69) is 41.1 Å². The van der Waals surface area contributed by atoms with E-state index in [9.17, 15) is 0 Å². The summed E-state index contributed by atoms with van der Waals surface area (Å²) < 4.78 is 2.26. The van der Waals surface area contributed by atoms with Gasteiger partial charge in [-0.2, -0.15) is 5.26 Å². The molecule has 21 heavy (non-hydrogen) atoms. The smallest absolute Gasteiger partial charge is 0.0991 e. The number of aromatic nitrogens is 1. The summed E-state index contributed by atoms with van der Waals surface area (Å²) in [7, 11) is 0. The Balaban J connectivity index is 1.70. The van der Waals surface area contributed by atoms with E-state index in [0.29, 0.717) is 0 Å². The molecule has 1 aromatic heterocycles. The fraction of sp³-hybridized carbons (Fsp3) is 0.211. The molecule has 1 aliphatic carbocycles. The first kappa shape index (κ1) is 12.2.